The Kier molecular flexibility index (Phi) is 17.5. The van der Waals surface area contributed by atoms with Crippen molar-refractivity contribution < 1.29 is 145 Å². The monoisotopic (exact) mass is 1130 g/mol. The van der Waals surface area contributed by atoms with Crippen LogP contribution in [-0.4, -0.2) is 103 Å². The summed E-state index contributed by atoms with van der Waals surface area (Å²) in [6, 6.07) is 0. The van der Waals surface area contributed by atoms with Gasteiger partial charge in [0.25, 0.3) is 0 Å². The lowest BCUT2D eigenvalue weighted by Crippen LogP contribution is -2.64. The van der Waals surface area contributed by atoms with Crippen molar-refractivity contribution >= 4 is 59.8 Å². The van der Waals surface area contributed by atoms with E-state index in [9.17, 15) is 102 Å². The van der Waals surface area contributed by atoms with E-state index in [4.69, 9.17) is 14.2 Å². The van der Waals surface area contributed by atoms with Gasteiger partial charge >= 0.3 is 52.4 Å². The van der Waals surface area contributed by atoms with E-state index in [-0.39, 0.29) is 85.2 Å². The number of halogens is 13. The van der Waals surface area contributed by atoms with Crippen LogP contribution in [0.3, 0.4) is 0 Å². The first-order valence-electron chi connectivity index (χ1n) is 21.6. The summed E-state index contributed by atoms with van der Waals surface area (Å²) >= 11 is -3.07. The van der Waals surface area contributed by atoms with Crippen LogP contribution in [-0.2, 0) is 61.5 Å². The number of aliphatic hydroxyl groups is 2. The van der Waals surface area contributed by atoms with Gasteiger partial charge in [-0.3, -0.25) is 24.7 Å². The van der Waals surface area contributed by atoms with Crippen LogP contribution in [0.2, 0.25) is 0 Å². The van der Waals surface area contributed by atoms with Crippen molar-refractivity contribution in [1.29, 1.82) is 0 Å². The molecule has 0 spiro atoms. The van der Waals surface area contributed by atoms with Gasteiger partial charge in [-0.1, -0.05) is 0 Å². The molecule has 72 heavy (non-hydrogen) atoms. The minimum Gasteiger partial charge on any atom is -0.691 e. The third-order valence-electron chi connectivity index (χ3n) is 15.0. The molecule has 34 heteroatoms. The van der Waals surface area contributed by atoms with Gasteiger partial charge < -0.3 is 40.2 Å². The number of ether oxygens (including phenoxy) is 3. The van der Waals surface area contributed by atoms with Gasteiger partial charge in [0.05, 0.1) is 48.3 Å². The van der Waals surface area contributed by atoms with E-state index in [0.717, 1.165) is 12.8 Å². The minimum atomic E-state index is -6.17. The number of hydrogen-bond donors (Lipinski definition) is 2. The van der Waals surface area contributed by atoms with E-state index in [1.165, 1.54) is 0 Å². The molecular weight excluding hydrogens is 1090 g/mol. The molecule has 9 atom stereocenters. The molecule has 414 valence electrons. The van der Waals surface area contributed by atoms with Crippen molar-refractivity contribution in [3.05, 3.63) is 0 Å². The lowest BCUT2D eigenvalue weighted by Gasteiger charge is -2.58. The zero-order valence-corrected chi connectivity index (χ0v) is 39.1. The van der Waals surface area contributed by atoms with E-state index < -0.39 is 123 Å². The summed E-state index contributed by atoms with van der Waals surface area (Å²) in [6.45, 7) is 0.497. The number of rotatable bonds is 15. The Morgan fingerprint density at radius 3 is 1.33 bits per heavy atom. The highest BCUT2D eigenvalue weighted by atomic mass is 32.2. The number of Topliss-reactive ketones (excluding diaryl/α,β-unsaturated/α-hetero) is 1. The second-order valence-corrected chi connectivity index (χ2v) is 22.4. The van der Waals surface area contributed by atoms with Crippen molar-refractivity contribution in [2.24, 2.45) is 47.3 Å². The normalized spacial score (nSPS) is 36.2. The fraction of sp³-hybridized carbons (Fsp3) is 0.895. The van der Waals surface area contributed by atoms with Crippen LogP contribution in [0.1, 0.15) is 90.4 Å². The molecule has 0 aromatic carbocycles. The predicted octanol–water partition coefficient (Wildman–Crippen LogP) is 4.86. The van der Waals surface area contributed by atoms with Gasteiger partial charge in [0, 0.05) is 11.8 Å². The Balaban J connectivity index is 0.000000178. The van der Waals surface area contributed by atoms with Crippen molar-refractivity contribution in [2.45, 2.75) is 159 Å². The van der Waals surface area contributed by atoms with Gasteiger partial charge in [-0.15, -0.1) is 0 Å². The zero-order valence-electron chi connectivity index (χ0n) is 36.6. The van der Waals surface area contributed by atoms with E-state index in [1.807, 2.05) is 0 Å². The molecule has 10 aliphatic carbocycles. The SMILES string of the molecule is CC(SOO[O-])(C(=O)OC1C(=O)C2CCC1C2)C(F)(F)F.O=C(OC12CC3CC(C1)C(O)C(C3)C2)C(F)(SOO[O-])C(F)(F)F.O=C(OC12CC3CC(C1)C(O)C(C3)C2)C(SOO[O-])(C(F)(F)F)C(F)(F)F. The summed E-state index contributed by atoms with van der Waals surface area (Å²) in [5.41, 5.74) is -2.72. The maximum Gasteiger partial charge on any atom is 0.446 e. The summed E-state index contributed by atoms with van der Waals surface area (Å²) < 4.78 is 189. The first-order valence-corrected chi connectivity index (χ1v) is 23.8. The second-order valence-electron chi connectivity index (χ2n) is 19.5. The summed E-state index contributed by atoms with van der Waals surface area (Å²) in [5.74, 6) is -8.20. The summed E-state index contributed by atoms with van der Waals surface area (Å²) in [4.78, 5) is 47.9. The van der Waals surface area contributed by atoms with E-state index in [1.54, 1.807) is 0 Å². The summed E-state index contributed by atoms with van der Waals surface area (Å²) in [6.07, 6.45) is -20.2. The van der Waals surface area contributed by atoms with Crippen molar-refractivity contribution in [3.63, 3.8) is 0 Å². The first kappa shape index (κ1) is 59.0. The summed E-state index contributed by atoms with van der Waals surface area (Å²) in [7, 11) is 0. The maximum atomic E-state index is 14.2. The number of carbonyl (C=O) groups is 4. The lowest BCUT2D eigenvalue weighted by atomic mass is 9.53. The smallest absolute Gasteiger partial charge is 0.446 e. The number of aliphatic hydroxyl groups excluding tert-OH is 2. The lowest BCUT2D eigenvalue weighted by molar-refractivity contribution is -0.777. The molecule has 0 radical (unpaired) electrons. The third kappa shape index (κ3) is 11.3. The molecule has 0 aliphatic heterocycles. The quantitative estimate of drug-likeness (QED) is 0.0554. The minimum absolute atomic E-state index is 0.0116. The number of fused-ring (bicyclic) bond motifs is 2. The Morgan fingerprint density at radius 1 is 0.542 bits per heavy atom. The van der Waals surface area contributed by atoms with Gasteiger partial charge in [0.2, 0.25) is 4.75 Å². The van der Waals surface area contributed by atoms with Crippen LogP contribution in [0.5, 0.6) is 0 Å². The molecule has 9 unspecified atom stereocenters. The molecule has 0 aromatic rings. The molecule has 0 saturated heterocycles. The number of hydrogen-bond acceptors (Lipinski definition) is 21. The van der Waals surface area contributed by atoms with Crippen LogP contribution >= 0.6 is 36.1 Å². The average molecular weight is 1130 g/mol. The highest BCUT2D eigenvalue weighted by molar-refractivity contribution is 7.97. The number of esters is 3. The highest BCUT2D eigenvalue weighted by Gasteiger charge is 2.80. The Morgan fingerprint density at radius 2 is 0.958 bits per heavy atom. The first-order chi connectivity index (χ1) is 33.2. The van der Waals surface area contributed by atoms with Crippen LogP contribution in [0, 0.1) is 47.3 Å². The van der Waals surface area contributed by atoms with Crippen LogP contribution in [0.25, 0.3) is 0 Å². The molecule has 10 saturated carbocycles. The Bertz CT molecular complexity index is 1940. The molecule has 10 bridgehead atoms. The molecular formula is C38H42F13O18S3-3. The molecule has 18 nitrogen and oxygen atoms in total. The zero-order chi connectivity index (χ0) is 53.8. The second kappa shape index (κ2) is 21.3. The molecule has 0 amide bonds. The molecule has 2 N–H and O–H groups in total. The summed E-state index contributed by atoms with van der Waals surface area (Å²) in [5, 5.41) is 53.1. The largest absolute Gasteiger partial charge is 0.691 e. The van der Waals surface area contributed by atoms with Crippen molar-refractivity contribution in [1.82, 2.24) is 0 Å². The van der Waals surface area contributed by atoms with Gasteiger partial charge in [-0.05, 0) is 126 Å². The molecule has 10 fully saturated rings. The van der Waals surface area contributed by atoms with Crippen LogP contribution in [0.4, 0.5) is 57.1 Å². The molecule has 0 aromatic heterocycles. The van der Waals surface area contributed by atoms with Crippen molar-refractivity contribution in [2.75, 3.05) is 0 Å². The van der Waals surface area contributed by atoms with E-state index in [2.05, 4.69) is 28.1 Å². The van der Waals surface area contributed by atoms with Gasteiger partial charge in [-0.2, -0.15) is 65.7 Å². The molecule has 10 rings (SSSR count). The van der Waals surface area contributed by atoms with Gasteiger partial charge in [0.1, 0.15) is 11.2 Å². The molecule has 0 heterocycles. The standard InChI is InChI=1S/C14H16F6O6S.C13H16F4O6S.C11H13F3O6S/c15-13(16,17)12(14(18,19)20,27-26-25-23)10(22)24-11-3-6-1-7(4-11)9(21)8(2-6)5-11;14-12(13(15,16)17,24-23-22-20)10(19)21-11-3-6-1-7(4-11)9(18)8(2-6)5-11;1-10(11(12,13)14,21-20-19-17)9(16)18-8-6-3-2-5(4-6)7(8)15/h6-9,21,23H,1-5H2;6-9,18,20H,1-5H2;5-6,8,17H,2-4H2,1H3/p-3. The van der Waals surface area contributed by atoms with Crippen LogP contribution < -0.4 is 15.8 Å². The van der Waals surface area contributed by atoms with Crippen molar-refractivity contribution in [3.8, 4) is 0 Å². The number of alkyl halides is 13. The van der Waals surface area contributed by atoms with E-state index >= 15 is 0 Å². The maximum absolute atomic E-state index is 14.2. The van der Waals surface area contributed by atoms with Gasteiger partial charge in [0.15, 0.2) is 11.9 Å². The highest BCUT2D eigenvalue weighted by Crippen LogP contribution is 2.61. The Hall–Kier alpha value is -2.22. The fourth-order valence-corrected chi connectivity index (χ4v) is 13.3. The number of ketones is 1. The molecule has 10 aliphatic rings. The predicted molar refractivity (Wildman–Crippen MR) is 201 cm³/mol. The topological polar surface area (TPSA) is 261 Å². The average Bonchev–Trinajstić information content (AvgIpc) is 3.86. The Labute approximate surface area is 410 Å². The fourth-order valence-electron chi connectivity index (χ4n) is 12.1. The van der Waals surface area contributed by atoms with Crippen LogP contribution in [0.15, 0.2) is 0 Å². The van der Waals surface area contributed by atoms with Gasteiger partial charge in [-0.25, -0.2) is 14.0 Å². The third-order valence-corrected chi connectivity index (χ3v) is 17.6. The van der Waals surface area contributed by atoms with E-state index in [0.29, 0.717) is 45.4 Å². The number of carbonyl (C=O) groups excluding carboxylic acids is 4.